The summed E-state index contributed by atoms with van der Waals surface area (Å²) in [6.45, 7) is 3.48. The molecule has 0 spiro atoms. The molecule has 2 heterocycles. The largest absolute Gasteiger partial charge is 0.330 e. The normalized spacial score (nSPS) is 20.5. The molecule has 2 atom stereocenters. The number of aromatic nitrogens is 3. The molecule has 1 aliphatic heterocycles. The lowest BCUT2D eigenvalue weighted by Gasteiger charge is -2.16. The van der Waals surface area contributed by atoms with E-state index in [1.165, 1.54) is 5.56 Å². The smallest absolute Gasteiger partial charge is 0.0971 e. The van der Waals surface area contributed by atoms with Gasteiger partial charge in [0.25, 0.3) is 0 Å². The molecule has 1 saturated heterocycles. The Hall–Kier alpha value is -2.21. The summed E-state index contributed by atoms with van der Waals surface area (Å²) in [6.07, 6.45) is 1.98. The first kappa shape index (κ1) is 17.2. The summed E-state index contributed by atoms with van der Waals surface area (Å²) in [5.41, 5.74) is 9.33. The van der Waals surface area contributed by atoms with Crippen molar-refractivity contribution >= 4 is 11.6 Å². The van der Waals surface area contributed by atoms with Crippen molar-refractivity contribution in [1.82, 2.24) is 19.9 Å². The van der Waals surface area contributed by atoms with Crippen molar-refractivity contribution < 1.29 is 0 Å². The van der Waals surface area contributed by atoms with E-state index in [2.05, 4.69) is 45.5 Å². The van der Waals surface area contributed by atoms with Crippen LogP contribution >= 0.6 is 11.6 Å². The van der Waals surface area contributed by atoms with Gasteiger partial charge < -0.3 is 5.73 Å². The number of benzene rings is 2. The maximum Gasteiger partial charge on any atom is 0.0971 e. The Morgan fingerprint density at radius 1 is 1.04 bits per heavy atom. The van der Waals surface area contributed by atoms with Crippen molar-refractivity contribution in [2.75, 3.05) is 19.6 Å². The van der Waals surface area contributed by atoms with Crippen LogP contribution in [0.2, 0.25) is 5.02 Å². The third kappa shape index (κ3) is 3.65. The highest BCUT2D eigenvalue weighted by molar-refractivity contribution is 6.30. The van der Waals surface area contributed by atoms with Crippen LogP contribution in [0.5, 0.6) is 0 Å². The van der Waals surface area contributed by atoms with Gasteiger partial charge in [-0.3, -0.25) is 4.90 Å². The van der Waals surface area contributed by atoms with Gasteiger partial charge in [-0.15, -0.1) is 5.10 Å². The summed E-state index contributed by atoms with van der Waals surface area (Å²) in [7, 11) is 0. The number of nitrogens with two attached hydrogens (primary N) is 1. The number of halogens is 1. The summed E-state index contributed by atoms with van der Waals surface area (Å²) in [5, 5.41) is 9.29. The Morgan fingerprint density at radius 2 is 1.81 bits per heavy atom. The van der Waals surface area contributed by atoms with Crippen LogP contribution in [0.4, 0.5) is 0 Å². The van der Waals surface area contributed by atoms with Crippen LogP contribution in [-0.4, -0.2) is 39.5 Å². The van der Waals surface area contributed by atoms with Gasteiger partial charge in [-0.2, -0.15) is 0 Å². The SMILES string of the molecule is NC[C@@H]1CN(Cc2cn(-c3ccc(Cl)cc3)nn2)C[C@H]1c1ccccc1. The fourth-order valence-corrected chi connectivity index (χ4v) is 3.85. The zero-order chi connectivity index (χ0) is 17.9. The zero-order valence-electron chi connectivity index (χ0n) is 14.5. The molecular formula is C20H22ClN5. The molecule has 0 saturated carbocycles. The first-order valence-electron chi connectivity index (χ1n) is 8.87. The monoisotopic (exact) mass is 367 g/mol. The van der Waals surface area contributed by atoms with Crippen LogP contribution in [0.3, 0.4) is 0 Å². The van der Waals surface area contributed by atoms with Crippen LogP contribution < -0.4 is 5.73 Å². The van der Waals surface area contributed by atoms with Gasteiger partial charge in [-0.1, -0.05) is 47.1 Å². The van der Waals surface area contributed by atoms with Gasteiger partial charge in [-0.25, -0.2) is 4.68 Å². The number of hydrogen-bond acceptors (Lipinski definition) is 4. The molecule has 1 aliphatic rings. The molecule has 0 unspecified atom stereocenters. The fourth-order valence-electron chi connectivity index (χ4n) is 3.73. The molecule has 0 amide bonds. The molecule has 134 valence electrons. The van der Waals surface area contributed by atoms with E-state index in [-0.39, 0.29) is 0 Å². The maximum atomic E-state index is 6.04. The van der Waals surface area contributed by atoms with Crippen LogP contribution in [0, 0.1) is 5.92 Å². The maximum absolute atomic E-state index is 6.04. The third-order valence-corrected chi connectivity index (χ3v) is 5.32. The van der Waals surface area contributed by atoms with E-state index in [1.807, 2.05) is 30.5 Å². The molecule has 2 N–H and O–H groups in total. The van der Waals surface area contributed by atoms with Gasteiger partial charge in [0.2, 0.25) is 0 Å². The van der Waals surface area contributed by atoms with Gasteiger partial charge in [0, 0.05) is 30.6 Å². The second kappa shape index (κ2) is 7.58. The molecule has 1 aromatic heterocycles. The lowest BCUT2D eigenvalue weighted by molar-refractivity contribution is 0.313. The van der Waals surface area contributed by atoms with Gasteiger partial charge in [0.05, 0.1) is 17.6 Å². The molecule has 0 bridgehead atoms. The number of likely N-dealkylation sites (tertiary alicyclic amines) is 1. The lowest BCUT2D eigenvalue weighted by Crippen LogP contribution is -2.23. The standard InChI is InChI=1S/C20H22ClN5/c21-17-6-8-19(9-7-17)26-13-18(23-24-26)12-25-11-16(10-22)20(14-25)15-4-2-1-3-5-15/h1-9,13,16,20H,10-12,14,22H2/t16-,20+/m1/s1. The van der Waals surface area contributed by atoms with E-state index in [1.54, 1.807) is 4.68 Å². The van der Waals surface area contributed by atoms with Gasteiger partial charge >= 0.3 is 0 Å². The lowest BCUT2D eigenvalue weighted by atomic mass is 9.89. The van der Waals surface area contributed by atoms with Crippen molar-refractivity contribution in [2.24, 2.45) is 11.7 Å². The second-order valence-corrected chi connectivity index (χ2v) is 7.27. The van der Waals surface area contributed by atoms with Gasteiger partial charge in [-0.05, 0) is 42.3 Å². The molecule has 3 aromatic rings. The summed E-state index contributed by atoms with van der Waals surface area (Å²) in [4.78, 5) is 2.42. The van der Waals surface area contributed by atoms with Crippen LogP contribution in [0.15, 0.2) is 60.8 Å². The molecule has 1 fully saturated rings. The van der Waals surface area contributed by atoms with E-state index in [0.717, 1.165) is 31.0 Å². The van der Waals surface area contributed by atoms with Gasteiger partial charge in [0.1, 0.15) is 0 Å². The highest BCUT2D eigenvalue weighted by Gasteiger charge is 2.33. The van der Waals surface area contributed by atoms with Crippen LogP contribution in [-0.2, 0) is 6.54 Å². The average Bonchev–Trinajstić information content (AvgIpc) is 3.30. The molecule has 26 heavy (non-hydrogen) atoms. The topological polar surface area (TPSA) is 60.0 Å². The van der Waals surface area contributed by atoms with E-state index in [4.69, 9.17) is 17.3 Å². The Bertz CT molecular complexity index is 846. The molecule has 0 aliphatic carbocycles. The predicted molar refractivity (Wildman–Crippen MR) is 103 cm³/mol. The Balaban J connectivity index is 1.46. The van der Waals surface area contributed by atoms with Crippen molar-refractivity contribution in [1.29, 1.82) is 0 Å². The minimum absolute atomic E-state index is 0.476. The Labute approximate surface area is 158 Å². The second-order valence-electron chi connectivity index (χ2n) is 6.84. The minimum Gasteiger partial charge on any atom is -0.330 e. The van der Waals surface area contributed by atoms with E-state index < -0.39 is 0 Å². The molecule has 5 nitrogen and oxygen atoms in total. The number of hydrogen-bond donors (Lipinski definition) is 1. The summed E-state index contributed by atoms with van der Waals surface area (Å²) in [5.74, 6) is 0.955. The quantitative estimate of drug-likeness (QED) is 0.752. The first-order chi connectivity index (χ1) is 12.7. The van der Waals surface area contributed by atoms with Crippen molar-refractivity contribution in [3.05, 3.63) is 77.1 Å². The van der Waals surface area contributed by atoms with Crippen molar-refractivity contribution in [2.45, 2.75) is 12.5 Å². The molecular weight excluding hydrogens is 346 g/mol. The van der Waals surface area contributed by atoms with E-state index in [9.17, 15) is 0 Å². The third-order valence-electron chi connectivity index (χ3n) is 5.06. The average molecular weight is 368 g/mol. The minimum atomic E-state index is 0.476. The van der Waals surface area contributed by atoms with Crippen LogP contribution in [0.25, 0.3) is 5.69 Å². The summed E-state index contributed by atoms with van der Waals surface area (Å²) < 4.78 is 1.79. The van der Waals surface area contributed by atoms with Crippen LogP contribution in [0.1, 0.15) is 17.2 Å². The highest BCUT2D eigenvalue weighted by atomic mass is 35.5. The van der Waals surface area contributed by atoms with Crippen molar-refractivity contribution in [3.63, 3.8) is 0 Å². The number of rotatable bonds is 5. The molecule has 2 aromatic carbocycles. The molecule has 6 heteroatoms. The Kier molecular flexibility index (Phi) is 5.02. The fraction of sp³-hybridized carbons (Fsp3) is 0.300. The molecule has 4 rings (SSSR count). The van der Waals surface area contributed by atoms with E-state index in [0.29, 0.717) is 23.4 Å². The summed E-state index contributed by atoms with van der Waals surface area (Å²) >= 11 is 5.95. The summed E-state index contributed by atoms with van der Waals surface area (Å²) in [6, 6.07) is 18.2. The molecule has 0 radical (unpaired) electrons. The highest BCUT2D eigenvalue weighted by Crippen LogP contribution is 2.32. The van der Waals surface area contributed by atoms with E-state index >= 15 is 0 Å². The van der Waals surface area contributed by atoms with Crippen molar-refractivity contribution in [3.8, 4) is 5.69 Å². The first-order valence-corrected chi connectivity index (χ1v) is 9.25. The van der Waals surface area contributed by atoms with Gasteiger partial charge in [0.15, 0.2) is 0 Å². The predicted octanol–water partition coefficient (Wildman–Crippen LogP) is 3.10. The number of nitrogens with zero attached hydrogens (tertiary/aromatic N) is 4. The zero-order valence-corrected chi connectivity index (χ0v) is 15.3. The Morgan fingerprint density at radius 3 is 2.54 bits per heavy atom.